The summed E-state index contributed by atoms with van der Waals surface area (Å²) in [5.74, 6) is 0.851. The Balaban J connectivity index is 1.78. The smallest absolute Gasteiger partial charge is 0.170 e. The second kappa shape index (κ2) is 7.78. The minimum absolute atomic E-state index is 0.473. The summed E-state index contributed by atoms with van der Waals surface area (Å²) >= 11 is 8.88. The van der Waals surface area contributed by atoms with E-state index in [1.807, 2.05) is 24.3 Å². The van der Waals surface area contributed by atoms with E-state index in [-0.39, 0.29) is 0 Å². The van der Waals surface area contributed by atoms with Crippen LogP contribution < -0.4 is 10.6 Å². The van der Waals surface area contributed by atoms with Gasteiger partial charge in [0.05, 0.1) is 0 Å². The molecule has 1 aliphatic rings. The Kier molecular flexibility index (Phi) is 6.27. The first-order chi connectivity index (χ1) is 10.4. The summed E-state index contributed by atoms with van der Waals surface area (Å²) in [7, 11) is 0. The Morgan fingerprint density at radius 3 is 2.32 bits per heavy atom. The van der Waals surface area contributed by atoms with Crippen molar-refractivity contribution in [2.24, 2.45) is 11.3 Å². The highest BCUT2D eigenvalue weighted by Gasteiger charge is 2.31. The van der Waals surface area contributed by atoms with Crippen molar-refractivity contribution in [1.29, 1.82) is 0 Å². The van der Waals surface area contributed by atoms with Gasteiger partial charge in [-0.15, -0.1) is 0 Å². The van der Waals surface area contributed by atoms with Crippen LogP contribution in [0.25, 0.3) is 0 Å². The van der Waals surface area contributed by atoms with Crippen molar-refractivity contribution < 1.29 is 0 Å². The second-order valence-corrected chi connectivity index (χ2v) is 8.32. The lowest BCUT2D eigenvalue weighted by Gasteiger charge is -2.39. The third-order valence-electron chi connectivity index (χ3n) is 5.18. The molecule has 0 heterocycles. The second-order valence-electron chi connectivity index (χ2n) is 7.00. The number of halogens is 1. The van der Waals surface area contributed by atoms with Gasteiger partial charge in [-0.1, -0.05) is 43.1 Å². The fourth-order valence-electron chi connectivity index (χ4n) is 3.19. The average molecular weight is 383 g/mol. The maximum atomic E-state index is 5.44. The molecule has 0 bridgehead atoms. The Morgan fingerprint density at radius 2 is 1.77 bits per heavy atom. The molecule has 1 aliphatic carbocycles. The van der Waals surface area contributed by atoms with Gasteiger partial charge in [0.15, 0.2) is 5.11 Å². The summed E-state index contributed by atoms with van der Waals surface area (Å²) in [6.07, 6.45) is 6.31. The first kappa shape index (κ1) is 17.7. The predicted octanol–water partition coefficient (Wildman–Crippen LogP) is 5.73. The number of hydrogen-bond donors (Lipinski definition) is 2. The van der Waals surface area contributed by atoms with Gasteiger partial charge in [-0.25, -0.2) is 0 Å². The standard InChI is InChI=1S/C18H27BrN2S/c1-4-18(2,3)13-5-9-15(10-6-13)20-17(22)21-16-11-7-14(19)8-12-16/h7-8,11-13,15H,4-6,9-10H2,1-3H3,(H2,20,21,22). The van der Waals surface area contributed by atoms with E-state index in [1.165, 1.54) is 32.1 Å². The van der Waals surface area contributed by atoms with Crippen LogP contribution in [0.2, 0.25) is 0 Å². The lowest BCUT2D eigenvalue weighted by molar-refractivity contribution is 0.141. The molecule has 4 heteroatoms. The number of anilines is 1. The number of thiocarbonyl (C=S) groups is 1. The molecule has 0 unspecified atom stereocenters. The number of nitrogens with one attached hydrogen (secondary N) is 2. The Bertz CT molecular complexity index is 490. The van der Waals surface area contributed by atoms with E-state index in [0.29, 0.717) is 11.5 Å². The van der Waals surface area contributed by atoms with Crippen LogP contribution in [-0.4, -0.2) is 11.2 Å². The Hall–Kier alpha value is -0.610. The topological polar surface area (TPSA) is 24.1 Å². The zero-order valence-corrected chi connectivity index (χ0v) is 16.2. The molecule has 2 N–H and O–H groups in total. The van der Waals surface area contributed by atoms with Crippen LogP contribution in [-0.2, 0) is 0 Å². The van der Waals surface area contributed by atoms with Crippen molar-refractivity contribution in [3.05, 3.63) is 28.7 Å². The molecule has 0 aliphatic heterocycles. The van der Waals surface area contributed by atoms with Gasteiger partial charge in [-0.3, -0.25) is 0 Å². The van der Waals surface area contributed by atoms with E-state index in [4.69, 9.17) is 12.2 Å². The summed E-state index contributed by atoms with van der Waals surface area (Å²) in [5, 5.41) is 7.49. The van der Waals surface area contributed by atoms with E-state index < -0.39 is 0 Å². The molecule has 1 aromatic rings. The largest absolute Gasteiger partial charge is 0.360 e. The maximum Gasteiger partial charge on any atom is 0.170 e. The van der Waals surface area contributed by atoms with Crippen LogP contribution in [0.5, 0.6) is 0 Å². The first-order valence-corrected chi connectivity index (χ1v) is 9.44. The molecule has 122 valence electrons. The van der Waals surface area contributed by atoms with Crippen LogP contribution in [0, 0.1) is 11.3 Å². The van der Waals surface area contributed by atoms with Crippen molar-refractivity contribution in [2.75, 3.05) is 5.32 Å². The number of benzene rings is 1. The summed E-state index contributed by atoms with van der Waals surface area (Å²) in [6.45, 7) is 7.12. The van der Waals surface area contributed by atoms with Gasteiger partial charge < -0.3 is 10.6 Å². The highest BCUT2D eigenvalue weighted by molar-refractivity contribution is 9.10. The van der Waals surface area contributed by atoms with Crippen LogP contribution >= 0.6 is 28.1 Å². The quantitative estimate of drug-likeness (QED) is 0.649. The molecule has 2 nitrogen and oxygen atoms in total. The predicted molar refractivity (Wildman–Crippen MR) is 103 cm³/mol. The minimum Gasteiger partial charge on any atom is -0.360 e. The van der Waals surface area contributed by atoms with Crippen LogP contribution in [0.1, 0.15) is 52.9 Å². The van der Waals surface area contributed by atoms with E-state index >= 15 is 0 Å². The molecule has 0 atom stereocenters. The minimum atomic E-state index is 0.473. The summed E-state index contributed by atoms with van der Waals surface area (Å²) in [5.41, 5.74) is 1.50. The molecule has 0 saturated heterocycles. The monoisotopic (exact) mass is 382 g/mol. The van der Waals surface area contributed by atoms with Gasteiger partial charge in [0, 0.05) is 16.2 Å². The maximum absolute atomic E-state index is 5.44. The summed E-state index contributed by atoms with van der Waals surface area (Å²) < 4.78 is 1.08. The highest BCUT2D eigenvalue weighted by atomic mass is 79.9. The Morgan fingerprint density at radius 1 is 1.18 bits per heavy atom. The van der Waals surface area contributed by atoms with Crippen LogP contribution in [0.4, 0.5) is 5.69 Å². The fraction of sp³-hybridized carbons (Fsp3) is 0.611. The van der Waals surface area contributed by atoms with Gasteiger partial charge in [0.1, 0.15) is 0 Å². The van der Waals surface area contributed by atoms with Crippen LogP contribution in [0.3, 0.4) is 0 Å². The highest BCUT2D eigenvalue weighted by Crippen LogP contribution is 2.40. The lowest BCUT2D eigenvalue weighted by atomic mass is 9.69. The number of hydrogen-bond acceptors (Lipinski definition) is 1. The van der Waals surface area contributed by atoms with Crippen molar-refractivity contribution in [3.63, 3.8) is 0 Å². The third-order valence-corrected chi connectivity index (χ3v) is 5.93. The fourth-order valence-corrected chi connectivity index (χ4v) is 3.74. The lowest BCUT2D eigenvalue weighted by Crippen LogP contribution is -2.41. The summed E-state index contributed by atoms with van der Waals surface area (Å²) in [4.78, 5) is 0. The zero-order chi connectivity index (χ0) is 16.2. The molecule has 0 amide bonds. The zero-order valence-electron chi connectivity index (χ0n) is 13.8. The van der Waals surface area contributed by atoms with Crippen molar-refractivity contribution in [3.8, 4) is 0 Å². The summed E-state index contributed by atoms with van der Waals surface area (Å²) in [6, 6.07) is 8.60. The van der Waals surface area contributed by atoms with Gasteiger partial charge in [-0.2, -0.15) is 0 Å². The van der Waals surface area contributed by atoms with Crippen molar-refractivity contribution >= 4 is 38.9 Å². The molecular formula is C18H27BrN2S. The molecule has 22 heavy (non-hydrogen) atoms. The van der Waals surface area contributed by atoms with Gasteiger partial charge in [0.2, 0.25) is 0 Å². The van der Waals surface area contributed by atoms with Gasteiger partial charge in [-0.05, 0) is 73.5 Å². The SMILES string of the molecule is CCC(C)(C)C1CCC(NC(=S)Nc2ccc(Br)cc2)CC1. The van der Waals surface area contributed by atoms with E-state index in [1.54, 1.807) is 0 Å². The van der Waals surface area contributed by atoms with Gasteiger partial charge in [0.25, 0.3) is 0 Å². The van der Waals surface area contributed by atoms with E-state index in [9.17, 15) is 0 Å². The first-order valence-electron chi connectivity index (χ1n) is 8.24. The molecule has 1 aromatic carbocycles. The molecule has 2 rings (SSSR count). The van der Waals surface area contributed by atoms with Crippen molar-refractivity contribution in [1.82, 2.24) is 5.32 Å². The average Bonchev–Trinajstić information content (AvgIpc) is 2.50. The van der Waals surface area contributed by atoms with E-state index in [2.05, 4.69) is 47.3 Å². The molecule has 0 aromatic heterocycles. The van der Waals surface area contributed by atoms with Crippen LogP contribution in [0.15, 0.2) is 28.7 Å². The van der Waals surface area contributed by atoms with Crippen molar-refractivity contribution in [2.45, 2.75) is 58.9 Å². The molecule has 0 spiro atoms. The molecule has 1 fully saturated rings. The third kappa shape index (κ3) is 4.95. The van der Waals surface area contributed by atoms with Gasteiger partial charge >= 0.3 is 0 Å². The molecule has 0 radical (unpaired) electrons. The normalized spacial score (nSPS) is 22.2. The molecule has 1 saturated carbocycles. The van der Waals surface area contributed by atoms with E-state index in [0.717, 1.165) is 21.2 Å². The number of rotatable bonds is 4. The Labute approximate surface area is 148 Å². The molecular weight excluding hydrogens is 356 g/mol.